The molecule has 2 saturated heterocycles. The number of hydrogen-bond acceptors (Lipinski definition) is 2. The molecular formula is C12H20ClNOS. The fraction of sp³-hybridized carbons (Fsp3) is 0.917. The van der Waals surface area contributed by atoms with Crippen LogP contribution in [0.3, 0.4) is 0 Å². The first-order valence-corrected chi connectivity index (χ1v) is 7.96. The SMILES string of the molecule is O=C(C1CCSC1)N1CCCC1CCCCl. The average Bonchev–Trinajstić information content (AvgIpc) is 2.96. The van der Waals surface area contributed by atoms with E-state index in [4.69, 9.17) is 11.6 Å². The summed E-state index contributed by atoms with van der Waals surface area (Å²) in [6, 6.07) is 0.483. The van der Waals surface area contributed by atoms with E-state index in [1.807, 2.05) is 11.8 Å². The highest BCUT2D eigenvalue weighted by atomic mass is 35.5. The number of likely N-dealkylation sites (tertiary alicyclic amines) is 1. The third kappa shape index (κ3) is 2.86. The molecule has 2 fully saturated rings. The summed E-state index contributed by atoms with van der Waals surface area (Å²) < 4.78 is 0. The van der Waals surface area contributed by atoms with Gasteiger partial charge in [0.15, 0.2) is 0 Å². The quantitative estimate of drug-likeness (QED) is 0.726. The van der Waals surface area contributed by atoms with Gasteiger partial charge in [-0.25, -0.2) is 0 Å². The summed E-state index contributed by atoms with van der Waals surface area (Å²) in [5.41, 5.74) is 0. The lowest BCUT2D eigenvalue weighted by Gasteiger charge is -2.27. The Morgan fingerprint density at radius 1 is 1.44 bits per heavy atom. The molecule has 0 spiro atoms. The van der Waals surface area contributed by atoms with Crippen molar-refractivity contribution in [2.75, 3.05) is 23.9 Å². The predicted octanol–water partition coefficient (Wildman–Crippen LogP) is 2.75. The molecule has 0 aromatic carbocycles. The topological polar surface area (TPSA) is 20.3 Å². The normalized spacial score (nSPS) is 29.9. The van der Waals surface area contributed by atoms with Gasteiger partial charge in [-0.2, -0.15) is 11.8 Å². The summed E-state index contributed by atoms with van der Waals surface area (Å²) in [5, 5.41) is 0. The van der Waals surface area contributed by atoms with E-state index in [1.165, 1.54) is 12.8 Å². The number of rotatable bonds is 4. The first kappa shape index (κ1) is 12.6. The Bertz CT molecular complexity index is 243. The molecule has 2 unspecified atom stereocenters. The van der Waals surface area contributed by atoms with Crippen molar-refractivity contribution < 1.29 is 4.79 Å². The van der Waals surface area contributed by atoms with Crippen LogP contribution >= 0.6 is 23.4 Å². The summed E-state index contributed by atoms with van der Waals surface area (Å²) in [5.74, 6) is 3.65. The zero-order valence-corrected chi connectivity index (χ0v) is 11.2. The Labute approximate surface area is 107 Å². The van der Waals surface area contributed by atoms with Gasteiger partial charge >= 0.3 is 0 Å². The van der Waals surface area contributed by atoms with Crippen LogP contribution in [0, 0.1) is 5.92 Å². The van der Waals surface area contributed by atoms with Crippen molar-refractivity contribution in [3.63, 3.8) is 0 Å². The first-order chi connectivity index (χ1) is 7.83. The van der Waals surface area contributed by atoms with Gasteiger partial charge in [-0.3, -0.25) is 4.79 Å². The van der Waals surface area contributed by atoms with Crippen molar-refractivity contribution in [3.8, 4) is 0 Å². The molecule has 1 amide bonds. The second-order valence-electron chi connectivity index (χ2n) is 4.72. The van der Waals surface area contributed by atoms with Gasteiger partial charge in [0.05, 0.1) is 0 Å². The molecule has 2 heterocycles. The highest BCUT2D eigenvalue weighted by molar-refractivity contribution is 7.99. The van der Waals surface area contributed by atoms with Crippen molar-refractivity contribution in [2.45, 2.75) is 38.1 Å². The van der Waals surface area contributed by atoms with E-state index in [9.17, 15) is 4.79 Å². The molecule has 4 heteroatoms. The largest absolute Gasteiger partial charge is 0.339 e. The molecule has 2 nitrogen and oxygen atoms in total. The third-order valence-corrected chi connectivity index (χ3v) is 5.04. The summed E-state index contributed by atoms with van der Waals surface area (Å²) in [7, 11) is 0. The molecule has 0 aromatic rings. The maximum Gasteiger partial charge on any atom is 0.226 e. The zero-order chi connectivity index (χ0) is 11.4. The smallest absolute Gasteiger partial charge is 0.226 e. The van der Waals surface area contributed by atoms with E-state index < -0.39 is 0 Å². The molecule has 0 N–H and O–H groups in total. The molecule has 2 aliphatic rings. The predicted molar refractivity (Wildman–Crippen MR) is 70.1 cm³/mol. The number of amides is 1. The van der Waals surface area contributed by atoms with Gasteiger partial charge in [0.1, 0.15) is 0 Å². The van der Waals surface area contributed by atoms with Crippen LogP contribution in [0.2, 0.25) is 0 Å². The van der Waals surface area contributed by atoms with Gasteiger partial charge < -0.3 is 4.90 Å². The number of halogens is 1. The fourth-order valence-electron chi connectivity index (χ4n) is 2.70. The Morgan fingerprint density at radius 3 is 3.00 bits per heavy atom. The van der Waals surface area contributed by atoms with Gasteiger partial charge in [0.2, 0.25) is 5.91 Å². The Balaban J connectivity index is 1.88. The van der Waals surface area contributed by atoms with Crippen LogP contribution in [0.25, 0.3) is 0 Å². The van der Waals surface area contributed by atoms with Crippen LogP contribution in [0.1, 0.15) is 32.1 Å². The van der Waals surface area contributed by atoms with E-state index in [1.54, 1.807) is 0 Å². The van der Waals surface area contributed by atoms with Crippen molar-refractivity contribution in [2.24, 2.45) is 5.92 Å². The lowest BCUT2D eigenvalue weighted by Crippen LogP contribution is -2.39. The van der Waals surface area contributed by atoms with Crippen molar-refractivity contribution in [1.82, 2.24) is 4.90 Å². The van der Waals surface area contributed by atoms with E-state index in [-0.39, 0.29) is 0 Å². The number of alkyl halides is 1. The Morgan fingerprint density at radius 2 is 2.31 bits per heavy atom. The van der Waals surface area contributed by atoms with E-state index in [2.05, 4.69) is 4.90 Å². The van der Waals surface area contributed by atoms with Crippen LogP contribution in [-0.2, 0) is 4.79 Å². The summed E-state index contributed by atoms with van der Waals surface area (Å²) >= 11 is 7.65. The molecule has 0 aliphatic carbocycles. The highest BCUT2D eigenvalue weighted by Crippen LogP contribution is 2.29. The molecule has 2 aliphatic heterocycles. The van der Waals surface area contributed by atoms with Crippen LogP contribution in [0.4, 0.5) is 0 Å². The second-order valence-corrected chi connectivity index (χ2v) is 6.25. The van der Waals surface area contributed by atoms with E-state index >= 15 is 0 Å². The van der Waals surface area contributed by atoms with Crippen LogP contribution in [-0.4, -0.2) is 40.8 Å². The average molecular weight is 262 g/mol. The number of nitrogens with zero attached hydrogens (tertiary/aromatic N) is 1. The van der Waals surface area contributed by atoms with Crippen LogP contribution in [0.15, 0.2) is 0 Å². The molecule has 2 rings (SSSR count). The van der Waals surface area contributed by atoms with Crippen LogP contribution in [0.5, 0.6) is 0 Å². The van der Waals surface area contributed by atoms with Crippen molar-refractivity contribution in [3.05, 3.63) is 0 Å². The molecule has 2 atom stereocenters. The monoisotopic (exact) mass is 261 g/mol. The maximum atomic E-state index is 12.3. The minimum absolute atomic E-state index is 0.307. The van der Waals surface area contributed by atoms with Crippen LogP contribution < -0.4 is 0 Å². The lowest BCUT2D eigenvalue weighted by atomic mass is 10.1. The number of carbonyl (C=O) groups is 1. The highest BCUT2D eigenvalue weighted by Gasteiger charge is 2.33. The molecule has 16 heavy (non-hydrogen) atoms. The molecule has 0 bridgehead atoms. The van der Waals surface area contributed by atoms with Gasteiger partial charge in [0.25, 0.3) is 0 Å². The Kier molecular flexibility index (Phi) is 4.83. The Hall–Kier alpha value is 0.110. The van der Waals surface area contributed by atoms with Gasteiger partial charge in [-0.1, -0.05) is 0 Å². The molecule has 0 saturated carbocycles. The van der Waals surface area contributed by atoms with Gasteiger partial charge in [-0.15, -0.1) is 11.6 Å². The molecule has 0 radical (unpaired) electrons. The van der Waals surface area contributed by atoms with Gasteiger partial charge in [-0.05, 0) is 37.9 Å². The summed E-state index contributed by atoms with van der Waals surface area (Å²) in [4.78, 5) is 14.4. The summed E-state index contributed by atoms with van der Waals surface area (Å²) in [6.07, 6.45) is 5.58. The number of hydrogen-bond donors (Lipinski definition) is 0. The minimum Gasteiger partial charge on any atom is -0.339 e. The zero-order valence-electron chi connectivity index (χ0n) is 9.66. The fourth-order valence-corrected chi connectivity index (χ4v) is 4.07. The lowest BCUT2D eigenvalue weighted by molar-refractivity contribution is -0.135. The standard InChI is InChI=1S/C12H20ClNOS/c13-6-1-3-11-4-2-7-14(11)12(15)10-5-8-16-9-10/h10-11H,1-9H2. The molecule has 0 aromatic heterocycles. The first-order valence-electron chi connectivity index (χ1n) is 6.27. The summed E-state index contributed by atoms with van der Waals surface area (Å²) in [6.45, 7) is 0.979. The third-order valence-electron chi connectivity index (χ3n) is 3.61. The number of thioether (sulfide) groups is 1. The van der Waals surface area contributed by atoms with E-state index in [0.717, 1.165) is 43.2 Å². The van der Waals surface area contributed by atoms with Crippen molar-refractivity contribution in [1.29, 1.82) is 0 Å². The minimum atomic E-state index is 0.307. The molecule has 92 valence electrons. The van der Waals surface area contributed by atoms with Crippen molar-refractivity contribution >= 4 is 29.3 Å². The number of carbonyl (C=O) groups excluding carboxylic acids is 1. The maximum absolute atomic E-state index is 12.3. The second kappa shape index (κ2) is 6.15. The van der Waals surface area contributed by atoms with Gasteiger partial charge in [0, 0.05) is 30.1 Å². The molecular weight excluding hydrogens is 242 g/mol. The van der Waals surface area contributed by atoms with E-state index in [0.29, 0.717) is 17.9 Å².